The molecule has 58 valence electrons. The number of hydrogen-bond acceptors (Lipinski definition) is 4. The van der Waals surface area contributed by atoms with E-state index in [1.807, 2.05) is 0 Å². The van der Waals surface area contributed by atoms with Crippen LogP contribution in [0, 0.1) is 0 Å². The lowest BCUT2D eigenvalue weighted by Crippen LogP contribution is -2.38. The molecule has 0 aliphatic carbocycles. The largest absolute Gasteiger partial charge is 0.289 e. The molecule has 0 aromatic heterocycles. The molecule has 5 heteroatoms. The maximum atomic E-state index is 10.9. The molecule has 0 spiro atoms. The van der Waals surface area contributed by atoms with Crippen molar-refractivity contribution < 1.29 is 25.0 Å². The van der Waals surface area contributed by atoms with Gasteiger partial charge in [0.05, 0.1) is 4.97 Å². The highest BCUT2D eigenvalue weighted by Crippen LogP contribution is 2.23. The SMILES string of the molecule is CC1(C)O[N+](O)(O)CC1=O. The number of carbonyl (C=O) groups is 1. The molecule has 2 N–H and O–H groups in total. The van der Waals surface area contributed by atoms with Gasteiger partial charge in [0.2, 0.25) is 12.3 Å². The standard InChI is InChI=1S/C5H10NO4/c1-5(2)4(7)3-6(8,9)10-5/h8-9H,3H2,1-2H3/q+1. The third kappa shape index (κ3) is 1.17. The van der Waals surface area contributed by atoms with Crippen molar-refractivity contribution in [1.29, 1.82) is 0 Å². The zero-order chi connectivity index (χ0) is 7.99. The summed E-state index contributed by atoms with van der Waals surface area (Å²) in [6.45, 7) is 2.57. The Labute approximate surface area is 57.9 Å². The predicted octanol–water partition coefficient (Wildman–Crippen LogP) is -0.126. The second kappa shape index (κ2) is 1.76. The van der Waals surface area contributed by atoms with E-state index in [4.69, 9.17) is 10.4 Å². The van der Waals surface area contributed by atoms with Crippen LogP contribution in [-0.4, -0.2) is 33.3 Å². The highest BCUT2D eigenvalue weighted by Gasteiger charge is 2.52. The van der Waals surface area contributed by atoms with Crippen LogP contribution in [0.25, 0.3) is 0 Å². The molecule has 1 aliphatic rings. The van der Waals surface area contributed by atoms with E-state index in [0.29, 0.717) is 0 Å². The Morgan fingerprint density at radius 3 is 2.20 bits per heavy atom. The fourth-order valence-electron chi connectivity index (χ4n) is 0.826. The van der Waals surface area contributed by atoms with E-state index in [2.05, 4.69) is 4.84 Å². The first-order valence-electron chi connectivity index (χ1n) is 2.91. The van der Waals surface area contributed by atoms with Crippen molar-refractivity contribution in [3.63, 3.8) is 0 Å². The molecule has 1 heterocycles. The summed E-state index contributed by atoms with van der Waals surface area (Å²) in [7, 11) is 0. The van der Waals surface area contributed by atoms with Gasteiger partial charge in [-0.3, -0.25) is 4.79 Å². The van der Waals surface area contributed by atoms with Crippen LogP contribution in [0.3, 0.4) is 0 Å². The lowest BCUT2D eigenvalue weighted by Gasteiger charge is -2.13. The van der Waals surface area contributed by atoms with Crippen molar-refractivity contribution in [3.8, 4) is 0 Å². The lowest BCUT2D eigenvalue weighted by molar-refractivity contribution is -1.36. The van der Waals surface area contributed by atoms with Gasteiger partial charge in [-0.1, -0.05) is 0 Å². The maximum Gasteiger partial charge on any atom is 0.238 e. The summed E-state index contributed by atoms with van der Waals surface area (Å²) in [6, 6.07) is 0. The fraction of sp³-hybridized carbons (Fsp3) is 0.800. The minimum absolute atomic E-state index is 0.322. The van der Waals surface area contributed by atoms with Crippen molar-refractivity contribution in [1.82, 2.24) is 0 Å². The molecule has 0 amide bonds. The topological polar surface area (TPSA) is 66.8 Å². The maximum absolute atomic E-state index is 10.9. The molecule has 0 atom stereocenters. The molecule has 0 aromatic rings. The Morgan fingerprint density at radius 1 is 1.60 bits per heavy atom. The van der Waals surface area contributed by atoms with Gasteiger partial charge in [0.15, 0.2) is 5.60 Å². The van der Waals surface area contributed by atoms with Gasteiger partial charge in [-0.15, -0.1) is 15.3 Å². The Kier molecular flexibility index (Phi) is 1.34. The molecule has 0 bridgehead atoms. The zero-order valence-electron chi connectivity index (χ0n) is 5.87. The van der Waals surface area contributed by atoms with E-state index in [-0.39, 0.29) is 5.78 Å². The molecule has 0 aromatic carbocycles. The fourth-order valence-corrected chi connectivity index (χ4v) is 0.826. The number of hydroxylamine groups is 3. The normalized spacial score (nSPS) is 29.0. The van der Waals surface area contributed by atoms with E-state index in [1.54, 1.807) is 0 Å². The third-order valence-electron chi connectivity index (χ3n) is 1.40. The smallest absolute Gasteiger partial charge is 0.238 e. The van der Waals surface area contributed by atoms with Crippen LogP contribution in [0.15, 0.2) is 0 Å². The monoisotopic (exact) mass is 148 g/mol. The summed E-state index contributed by atoms with van der Waals surface area (Å²) in [5.41, 5.74) is -1.08. The van der Waals surface area contributed by atoms with Crippen LogP contribution in [0.1, 0.15) is 13.8 Å². The summed E-state index contributed by atoms with van der Waals surface area (Å²) < 4.78 is 0. The van der Waals surface area contributed by atoms with E-state index < -0.39 is 17.1 Å². The molecule has 10 heavy (non-hydrogen) atoms. The minimum atomic E-state index is -1.65. The summed E-state index contributed by atoms with van der Waals surface area (Å²) in [5, 5.41) is 17.5. The van der Waals surface area contributed by atoms with Gasteiger partial charge < -0.3 is 0 Å². The van der Waals surface area contributed by atoms with Gasteiger partial charge >= 0.3 is 0 Å². The number of Topliss-reactive ketones (excluding diaryl/α,β-unsaturated/α-hetero) is 1. The first kappa shape index (κ1) is 7.62. The van der Waals surface area contributed by atoms with Crippen molar-refractivity contribution in [2.45, 2.75) is 19.4 Å². The number of ketones is 1. The van der Waals surface area contributed by atoms with Crippen molar-refractivity contribution in [3.05, 3.63) is 0 Å². The lowest BCUT2D eigenvalue weighted by atomic mass is 10.1. The van der Waals surface area contributed by atoms with Gasteiger partial charge in [-0.05, 0) is 13.8 Å². The van der Waals surface area contributed by atoms with Crippen LogP contribution >= 0.6 is 0 Å². The Bertz CT molecular complexity index is 174. The number of nitrogens with zero attached hydrogens (tertiary/aromatic N) is 1. The molecule has 1 rings (SSSR count). The molecular formula is C5H10NO4+. The van der Waals surface area contributed by atoms with E-state index >= 15 is 0 Å². The third-order valence-corrected chi connectivity index (χ3v) is 1.40. The summed E-state index contributed by atoms with van der Waals surface area (Å²) in [5.74, 6) is -0.322. The second-order valence-corrected chi connectivity index (χ2v) is 2.85. The Balaban J connectivity index is 2.81. The van der Waals surface area contributed by atoms with Gasteiger partial charge in [-0.25, -0.2) is 0 Å². The predicted molar refractivity (Wildman–Crippen MR) is 28.9 cm³/mol. The number of hydrogen-bond donors (Lipinski definition) is 2. The van der Waals surface area contributed by atoms with Crippen molar-refractivity contribution in [2.75, 3.05) is 6.54 Å². The van der Waals surface area contributed by atoms with Gasteiger partial charge in [0.25, 0.3) is 0 Å². The molecule has 1 fully saturated rings. The molecule has 0 unspecified atom stereocenters. The number of quaternary nitrogens is 1. The van der Waals surface area contributed by atoms with E-state index in [0.717, 1.165) is 0 Å². The minimum Gasteiger partial charge on any atom is -0.289 e. The van der Waals surface area contributed by atoms with Crippen molar-refractivity contribution >= 4 is 5.78 Å². The van der Waals surface area contributed by atoms with Gasteiger partial charge in [-0.2, -0.15) is 0 Å². The average molecular weight is 148 g/mol. The molecule has 1 aliphatic heterocycles. The average Bonchev–Trinajstić information content (AvgIpc) is 1.73. The highest BCUT2D eigenvalue weighted by molar-refractivity contribution is 5.88. The van der Waals surface area contributed by atoms with Gasteiger partial charge in [0, 0.05) is 0 Å². The molecule has 0 radical (unpaired) electrons. The Hall–Kier alpha value is -0.490. The highest BCUT2D eigenvalue weighted by atomic mass is 17.1. The summed E-state index contributed by atoms with van der Waals surface area (Å²) in [4.78, 5) is 13.8. The second-order valence-electron chi connectivity index (χ2n) is 2.85. The molecule has 0 saturated carbocycles. The van der Waals surface area contributed by atoms with Crippen LogP contribution in [-0.2, 0) is 9.63 Å². The van der Waals surface area contributed by atoms with E-state index in [1.165, 1.54) is 13.8 Å². The van der Waals surface area contributed by atoms with Crippen LogP contribution in [0.4, 0.5) is 0 Å². The molecular weight excluding hydrogens is 138 g/mol. The molecule has 1 saturated heterocycles. The quantitative estimate of drug-likeness (QED) is 0.470. The van der Waals surface area contributed by atoms with Crippen LogP contribution in [0.5, 0.6) is 0 Å². The first-order valence-corrected chi connectivity index (χ1v) is 2.91. The zero-order valence-corrected chi connectivity index (χ0v) is 5.87. The van der Waals surface area contributed by atoms with Gasteiger partial charge in [0.1, 0.15) is 0 Å². The first-order chi connectivity index (χ1) is 4.33. The number of carbonyl (C=O) groups excluding carboxylic acids is 1. The summed E-state index contributed by atoms with van der Waals surface area (Å²) in [6.07, 6.45) is 0. The Morgan fingerprint density at radius 2 is 2.10 bits per heavy atom. The van der Waals surface area contributed by atoms with E-state index in [9.17, 15) is 4.79 Å². The summed E-state index contributed by atoms with van der Waals surface area (Å²) >= 11 is 0. The molecule has 5 nitrogen and oxygen atoms in total. The van der Waals surface area contributed by atoms with Crippen LogP contribution < -0.4 is 0 Å². The van der Waals surface area contributed by atoms with Crippen molar-refractivity contribution in [2.24, 2.45) is 0 Å². The number of rotatable bonds is 0. The van der Waals surface area contributed by atoms with Crippen LogP contribution in [0.2, 0.25) is 0 Å².